The zero-order chi connectivity index (χ0) is 26.5. The summed E-state index contributed by atoms with van der Waals surface area (Å²) in [6.07, 6.45) is 0. The van der Waals surface area contributed by atoms with Crippen molar-refractivity contribution in [2.75, 3.05) is 5.73 Å². The van der Waals surface area contributed by atoms with E-state index in [1.165, 1.54) is 4.68 Å². The number of hydrogen-bond donors (Lipinski definition) is 2. The number of aromatic nitrogens is 5. The van der Waals surface area contributed by atoms with Gasteiger partial charge in [0, 0.05) is 10.6 Å². The van der Waals surface area contributed by atoms with Gasteiger partial charge in [-0.2, -0.15) is 9.78 Å². The lowest BCUT2D eigenvalue weighted by Crippen LogP contribution is -2.23. The highest BCUT2D eigenvalue weighted by Crippen LogP contribution is 2.24. The van der Waals surface area contributed by atoms with Crippen LogP contribution in [0.2, 0.25) is 5.02 Å². The highest BCUT2D eigenvalue weighted by molar-refractivity contribution is 6.30. The molecule has 0 aliphatic carbocycles. The maximum atomic E-state index is 13.3. The van der Waals surface area contributed by atoms with Gasteiger partial charge in [-0.25, -0.2) is 10.1 Å². The zero-order valence-corrected chi connectivity index (χ0v) is 20.8. The first-order chi connectivity index (χ1) is 18.5. The number of nitrogen functional groups attached to an aromatic ring is 1. The molecule has 0 spiro atoms. The van der Waals surface area contributed by atoms with E-state index in [9.17, 15) is 4.79 Å². The van der Waals surface area contributed by atoms with E-state index in [0.29, 0.717) is 34.3 Å². The molecule has 5 rings (SSSR count). The van der Waals surface area contributed by atoms with Crippen LogP contribution in [0, 0.1) is 0 Å². The molecule has 0 saturated heterocycles. The third-order valence-electron chi connectivity index (χ3n) is 5.54. The first-order valence-corrected chi connectivity index (χ1v) is 11.8. The van der Waals surface area contributed by atoms with Gasteiger partial charge < -0.3 is 10.5 Å². The molecule has 5 aromatic rings. The fraction of sp³-hybridized carbons (Fsp3) is 0.0769. The van der Waals surface area contributed by atoms with Crippen LogP contribution in [0.1, 0.15) is 28.5 Å². The Bertz CT molecular complexity index is 1580. The molecule has 0 atom stereocenters. The van der Waals surface area contributed by atoms with Gasteiger partial charge in [-0.1, -0.05) is 59.3 Å². The number of nitrogens with zero attached hydrogens (tertiary/aromatic N) is 6. The molecule has 0 unspecified atom stereocenters. The van der Waals surface area contributed by atoms with Crippen LogP contribution in [0.4, 0.5) is 5.82 Å². The largest absolute Gasteiger partial charge is 0.489 e. The molecular weight excluding hydrogens is 508 g/mol. The number of benzene rings is 3. The van der Waals surface area contributed by atoms with Gasteiger partial charge in [0.1, 0.15) is 18.1 Å². The molecule has 3 N–H and O–H groups in total. The summed E-state index contributed by atoms with van der Waals surface area (Å²) in [5.41, 5.74) is 11.8. The Hall–Kier alpha value is -5.03. The first kappa shape index (κ1) is 24.7. The van der Waals surface area contributed by atoms with Crippen LogP contribution >= 0.6 is 11.6 Å². The number of nitrogens with one attached hydrogen (secondary N) is 1. The van der Waals surface area contributed by atoms with Gasteiger partial charge in [0.25, 0.3) is 5.91 Å². The molecule has 0 aliphatic rings. The maximum absolute atomic E-state index is 13.3. The van der Waals surface area contributed by atoms with Gasteiger partial charge in [0.15, 0.2) is 5.69 Å². The minimum atomic E-state index is -0.571. The minimum absolute atomic E-state index is 0.0402. The third kappa shape index (κ3) is 5.37. The Balaban J connectivity index is 1.33. The molecular formula is C26H21ClN8O3. The van der Waals surface area contributed by atoms with E-state index in [0.717, 1.165) is 11.1 Å². The summed E-state index contributed by atoms with van der Waals surface area (Å²) in [6, 6.07) is 24.0. The zero-order valence-electron chi connectivity index (χ0n) is 20.1. The molecule has 0 bridgehead atoms. The molecule has 0 saturated carbocycles. The van der Waals surface area contributed by atoms with E-state index in [2.05, 4.69) is 35.8 Å². The second-order valence-corrected chi connectivity index (χ2v) is 8.55. The van der Waals surface area contributed by atoms with Crippen LogP contribution in [0.25, 0.3) is 17.1 Å². The van der Waals surface area contributed by atoms with Gasteiger partial charge in [-0.05, 0) is 64.8 Å². The SMILES string of the molecule is CC(=NNC(=O)c1c(-c2ccccc2)nnn1-c1nonc1N)c1ccc(OCc2ccc(Cl)cc2)cc1. The van der Waals surface area contributed by atoms with Crippen molar-refractivity contribution in [2.24, 2.45) is 5.10 Å². The second kappa shape index (κ2) is 10.9. The van der Waals surface area contributed by atoms with Crippen molar-refractivity contribution >= 4 is 29.0 Å². The van der Waals surface area contributed by atoms with Crippen LogP contribution in [-0.4, -0.2) is 36.9 Å². The topological polar surface area (TPSA) is 146 Å². The van der Waals surface area contributed by atoms with Gasteiger partial charge in [-0.3, -0.25) is 4.79 Å². The molecule has 1 amide bonds. The molecule has 0 fully saturated rings. The van der Waals surface area contributed by atoms with Gasteiger partial charge in [0.05, 0.1) is 5.71 Å². The fourth-order valence-electron chi connectivity index (χ4n) is 3.55. The van der Waals surface area contributed by atoms with Crippen LogP contribution in [-0.2, 0) is 6.61 Å². The lowest BCUT2D eigenvalue weighted by molar-refractivity contribution is 0.0947. The van der Waals surface area contributed by atoms with E-state index in [1.807, 2.05) is 66.7 Å². The van der Waals surface area contributed by atoms with Crippen molar-refractivity contribution in [3.63, 3.8) is 0 Å². The summed E-state index contributed by atoms with van der Waals surface area (Å²) in [6.45, 7) is 2.19. The summed E-state index contributed by atoms with van der Waals surface area (Å²) in [5.74, 6) is 0.127. The van der Waals surface area contributed by atoms with Crippen molar-refractivity contribution in [1.29, 1.82) is 0 Å². The molecule has 2 heterocycles. The molecule has 12 heteroatoms. The Morgan fingerprint density at radius 3 is 2.47 bits per heavy atom. The number of hydrogen-bond acceptors (Lipinski definition) is 9. The Morgan fingerprint density at radius 1 is 1.05 bits per heavy atom. The predicted molar refractivity (Wildman–Crippen MR) is 141 cm³/mol. The van der Waals surface area contributed by atoms with Gasteiger partial charge in [0.2, 0.25) is 11.6 Å². The fourth-order valence-corrected chi connectivity index (χ4v) is 3.68. The Labute approximate surface area is 221 Å². The van der Waals surface area contributed by atoms with E-state index in [-0.39, 0.29) is 17.3 Å². The third-order valence-corrected chi connectivity index (χ3v) is 5.80. The average Bonchev–Trinajstić information content (AvgIpc) is 3.58. The van der Waals surface area contributed by atoms with E-state index in [4.69, 9.17) is 22.1 Å². The summed E-state index contributed by atoms with van der Waals surface area (Å²) in [7, 11) is 0. The van der Waals surface area contributed by atoms with Crippen LogP contribution in [0.15, 0.2) is 88.6 Å². The van der Waals surface area contributed by atoms with E-state index in [1.54, 1.807) is 19.1 Å². The molecule has 3 aromatic carbocycles. The van der Waals surface area contributed by atoms with Crippen molar-refractivity contribution < 1.29 is 14.2 Å². The smallest absolute Gasteiger partial charge is 0.292 e. The Kier molecular flexibility index (Phi) is 7.09. The predicted octanol–water partition coefficient (Wildman–Crippen LogP) is 4.29. The number of carbonyl (C=O) groups is 1. The van der Waals surface area contributed by atoms with Crippen LogP contribution < -0.4 is 15.9 Å². The number of nitrogens with two attached hydrogens (primary N) is 1. The molecule has 2 aromatic heterocycles. The lowest BCUT2D eigenvalue weighted by atomic mass is 10.1. The monoisotopic (exact) mass is 528 g/mol. The summed E-state index contributed by atoms with van der Waals surface area (Å²) in [5, 5.41) is 20.5. The molecule has 11 nitrogen and oxygen atoms in total. The number of ether oxygens (including phenoxy) is 1. The van der Waals surface area contributed by atoms with Crippen molar-refractivity contribution in [3.8, 4) is 22.8 Å². The van der Waals surface area contributed by atoms with Gasteiger partial charge in [-0.15, -0.1) is 5.10 Å². The maximum Gasteiger partial charge on any atom is 0.292 e. The number of carbonyl (C=O) groups excluding carboxylic acids is 1. The van der Waals surface area contributed by atoms with Crippen molar-refractivity contribution in [2.45, 2.75) is 13.5 Å². The van der Waals surface area contributed by atoms with Crippen molar-refractivity contribution in [1.82, 2.24) is 30.7 Å². The summed E-state index contributed by atoms with van der Waals surface area (Å²) in [4.78, 5) is 13.3. The summed E-state index contributed by atoms with van der Waals surface area (Å²) >= 11 is 5.92. The van der Waals surface area contributed by atoms with E-state index < -0.39 is 5.91 Å². The number of halogens is 1. The number of hydrazone groups is 1. The number of rotatable bonds is 8. The number of amides is 1. The van der Waals surface area contributed by atoms with Crippen molar-refractivity contribution in [3.05, 3.63) is 101 Å². The number of anilines is 1. The second-order valence-electron chi connectivity index (χ2n) is 8.12. The summed E-state index contributed by atoms with van der Waals surface area (Å²) < 4.78 is 11.7. The normalized spacial score (nSPS) is 11.4. The molecule has 38 heavy (non-hydrogen) atoms. The average molecular weight is 529 g/mol. The van der Waals surface area contributed by atoms with Gasteiger partial charge >= 0.3 is 0 Å². The molecule has 0 aliphatic heterocycles. The standard InChI is InChI=1S/C26H21ClN8O3/c1-16(18-9-13-21(14-10-18)37-15-17-7-11-20(27)12-8-17)29-31-26(36)23-22(19-5-3-2-4-6-19)30-34-35(23)25-24(28)32-38-33-25/h2-14H,15H2,1H3,(H2,28,32)(H,31,36). The minimum Gasteiger partial charge on any atom is -0.489 e. The van der Waals surface area contributed by atoms with Crippen LogP contribution in [0.5, 0.6) is 5.75 Å². The Morgan fingerprint density at radius 2 is 1.79 bits per heavy atom. The molecule has 0 radical (unpaired) electrons. The lowest BCUT2D eigenvalue weighted by Gasteiger charge is -2.08. The molecule has 190 valence electrons. The van der Waals surface area contributed by atoms with Crippen LogP contribution in [0.3, 0.4) is 0 Å². The quantitative estimate of drug-likeness (QED) is 0.224. The first-order valence-electron chi connectivity index (χ1n) is 11.4. The van der Waals surface area contributed by atoms with E-state index >= 15 is 0 Å². The highest BCUT2D eigenvalue weighted by Gasteiger charge is 2.26. The highest BCUT2D eigenvalue weighted by atomic mass is 35.5.